The molecule has 1 rings (SSSR count). The highest BCUT2D eigenvalue weighted by atomic mass is 19.4. The summed E-state index contributed by atoms with van der Waals surface area (Å²) >= 11 is 0. The van der Waals surface area contributed by atoms with Gasteiger partial charge in [-0.15, -0.1) is 0 Å². The Morgan fingerprint density at radius 2 is 2.00 bits per heavy atom. The average molecular weight is 295 g/mol. The van der Waals surface area contributed by atoms with Crippen LogP contribution in [0, 0.1) is 5.82 Å². The van der Waals surface area contributed by atoms with Crippen LogP contribution in [0.25, 0.3) is 0 Å². The van der Waals surface area contributed by atoms with E-state index in [4.69, 9.17) is 4.74 Å². The number of methoxy groups -OCH3 is 1. The number of nitrogens with zero attached hydrogens (tertiary/aromatic N) is 1. The monoisotopic (exact) mass is 295 g/mol. The molecule has 0 saturated heterocycles. The topological polar surface area (TPSA) is 32.7 Å². The van der Waals surface area contributed by atoms with E-state index in [-0.39, 0.29) is 25.3 Å². The summed E-state index contributed by atoms with van der Waals surface area (Å²) < 4.78 is 56.1. The summed E-state index contributed by atoms with van der Waals surface area (Å²) in [6.07, 6.45) is -5.40. The highest BCUT2D eigenvalue weighted by molar-refractivity contribution is 5.30. The summed E-state index contributed by atoms with van der Waals surface area (Å²) in [7, 11) is 2.99. The van der Waals surface area contributed by atoms with Crippen LogP contribution in [0.5, 0.6) is 0 Å². The normalized spacial score (nSPS) is 13.8. The lowest BCUT2D eigenvalue weighted by Gasteiger charge is -2.22. The molecule has 0 spiro atoms. The van der Waals surface area contributed by atoms with Crippen molar-refractivity contribution >= 4 is 0 Å². The van der Waals surface area contributed by atoms with Crippen LogP contribution in [0.1, 0.15) is 11.1 Å². The molecule has 20 heavy (non-hydrogen) atoms. The fourth-order valence-corrected chi connectivity index (χ4v) is 1.91. The average Bonchev–Trinajstić information content (AvgIpc) is 2.30. The lowest BCUT2D eigenvalue weighted by Crippen LogP contribution is -2.32. The van der Waals surface area contributed by atoms with E-state index in [9.17, 15) is 22.7 Å². The second-order valence-electron chi connectivity index (χ2n) is 4.61. The first kappa shape index (κ1) is 16.9. The fraction of sp³-hybridized carbons (Fsp3) is 0.538. The van der Waals surface area contributed by atoms with E-state index in [1.54, 1.807) is 7.05 Å². The highest BCUT2D eigenvalue weighted by Crippen LogP contribution is 2.33. The van der Waals surface area contributed by atoms with Crippen molar-refractivity contribution in [2.45, 2.75) is 18.8 Å². The van der Waals surface area contributed by atoms with E-state index in [2.05, 4.69) is 0 Å². The summed E-state index contributed by atoms with van der Waals surface area (Å²) in [4.78, 5) is 1.52. The first-order valence-corrected chi connectivity index (χ1v) is 5.95. The van der Waals surface area contributed by atoms with Crippen molar-refractivity contribution in [3.63, 3.8) is 0 Å². The molecule has 3 nitrogen and oxygen atoms in total. The zero-order valence-electron chi connectivity index (χ0n) is 11.2. The van der Waals surface area contributed by atoms with E-state index in [0.29, 0.717) is 6.07 Å². The number of rotatable bonds is 6. The molecule has 1 aromatic carbocycles. The molecule has 0 aromatic heterocycles. The Labute approximate surface area is 114 Å². The van der Waals surface area contributed by atoms with Crippen LogP contribution in [0.3, 0.4) is 0 Å². The van der Waals surface area contributed by atoms with Crippen molar-refractivity contribution in [1.82, 2.24) is 4.90 Å². The zero-order chi connectivity index (χ0) is 15.3. The highest BCUT2D eigenvalue weighted by Gasteiger charge is 2.33. The lowest BCUT2D eigenvalue weighted by molar-refractivity contribution is -0.138. The number of hydrogen-bond donors (Lipinski definition) is 1. The van der Waals surface area contributed by atoms with Gasteiger partial charge in [0.25, 0.3) is 0 Å². The molecule has 0 amide bonds. The number of benzene rings is 1. The minimum Gasteiger partial charge on any atom is -0.389 e. The van der Waals surface area contributed by atoms with Crippen LogP contribution in [-0.2, 0) is 17.5 Å². The predicted octanol–water partition coefficient (Wildman–Crippen LogP) is 2.28. The Hall–Kier alpha value is -1.18. The van der Waals surface area contributed by atoms with Gasteiger partial charge in [-0.05, 0) is 24.7 Å². The third-order valence-electron chi connectivity index (χ3n) is 2.70. The van der Waals surface area contributed by atoms with Crippen LogP contribution in [0.2, 0.25) is 0 Å². The Kier molecular flexibility index (Phi) is 5.91. The standard InChI is InChI=1S/C13H17F4NO2/c1-18(7-11(19)8-20-2)6-9-3-4-10(14)5-12(9)13(15,16)17/h3-5,11,19H,6-8H2,1-2H3. The van der Waals surface area contributed by atoms with Gasteiger partial charge in [-0.3, -0.25) is 4.90 Å². The molecule has 0 fully saturated rings. The number of likely N-dealkylation sites (N-methyl/N-ethyl adjacent to an activating group) is 1. The second-order valence-corrected chi connectivity index (χ2v) is 4.61. The molecule has 0 aliphatic rings. The third-order valence-corrected chi connectivity index (χ3v) is 2.70. The maximum atomic E-state index is 13.0. The summed E-state index contributed by atoms with van der Waals surface area (Å²) in [5.74, 6) is -0.928. The predicted molar refractivity (Wildman–Crippen MR) is 65.6 cm³/mol. The van der Waals surface area contributed by atoms with Gasteiger partial charge in [0, 0.05) is 20.2 Å². The van der Waals surface area contributed by atoms with Crippen LogP contribution in [0.15, 0.2) is 18.2 Å². The molecule has 114 valence electrons. The van der Waals surface area contributed by atoms with Gasteiger partial charge in [0.15, 0.2) is 0 Å². The minimum absolute atomic E-state index is 0.0361. The summed E-state index contributed by atoms with van der Waals surface area (Å²) in [6.45, 7) is 0.207. The van der Waals surface area contributed by atoms with Crippen molar-refractivity contribution in [3.8, 4) is 0 Å². The van der Waals surface area contributed by atoms with Crippen molar-refractivity contribution in [1.29, 1.82) is 0 Å². The maximum absolute atomic E-state index is 13.0. The number of halogens is 4. The summed E-state index contributed by atoms with van der Waals surface area (Å²) in [6, 6.07) is 2.58. The molecule has 0 saturated carbocycles. The fourth-order valence-electron chi connectivity index (χ4n) is 1.91. The molecular formula is C13H17F4NO2. The summed E-state index contributed by atoms with van der Waals surface area (Å²) in [5.41, 5.74) is -1.03. The lowest BCUT2D eigenvalue weighted by atomic mass is 10.1. The zero-order valence-corrected chi connectivity index (χ0v) is 11.2. The number of alkyl halides is 3. The number of aliphatic hydroxyl groups excluding tert-OH is 1. The van der Waals surface area contributed by atoms with E-state index < -0.39 is 23.7 Å². The Morgan fingerprint density at radius 1 is 1.35 bits per heavy atom. The molecule has 0 aliphatic heterocycles. The van der Waals surface area contributed by atoms with Crippen molar-refractivity contribution < 1.29 is 27.4 Å². The number of aliphatic hydroxyl groups is 1. The smallest absolute Gasteiger partial charge is 0.389 e. The summed E-state index contributed by atoms with van der Waals surface area (Å²) in [5, 5.41) is 9.52. The van der Waals surface area contributed by atoms with E-state index in [1.165, 1.54) is 12.0 Å². The Balaban J connectivity index is 2.82. The first-order chi connectivity index (χ1) is 9.24. The first-order valence-electron chi connectivity index (χ1n) is 5.95. The van der Waals surface area contributed by atoms with Gasteiger partial charge in [0.05, 0.1) is 18.3 Å². The molecule has 0 bridgehead atoms. The molecule has 1 atom stereocenters. The molecular weight excluding hydrogens is 278 g/mol. The molecule has 1 unspecified atom stereocenters. The van der Waals surface area contributed by atoms with E-state index in [0.717, 1.165) is 12.1 Å². The molecule has 7 heteroatoms. The van der Waals surface area contributed by atoms with Gasteiger partial charge in [0.1, 0.15) is 5.82 Å². The van der Waals surface area contributed by atoms with E-state index >= 15 is 0 Å². The van der Waals surface area contributed by atoms with Crippen molar-refractivity contribution in [2.75, 3.05) is 27.3 Å². The Bertz CT molecular complexity index is 437. The van der Waals surface area contributed by atoms with Gasteiger partial charge in [-0.25, -0.2) is 4.39 Å². The van der Waals surface area contributed by atoms with E-state index in [1.807, 2.05) is 0 Å². The van der Waals surface area contributed by atoms with Gasteiger partial charge >= 0.3 is 6.18 Å². The Morgan fingerprint density at radius 3 is 2.55 bits per heavy atom. The van der Waals surface area contributed by atoms with Gasteiger partial charge in [0.2, 0.25) is 0 Å². The van der Waals surface area contributed by atoms with Crippen LogP contribution in [0.4, 0.5) is 17.6 Å². The van der Waals surface area contributed by atoms with Gasteiger partial charge < -0.3 is 9.84 Å². The van der Waals surface area contributed by atoms with Crippen molar-refractivity contribution in [2.24, 2.45) is 0 Å². The van der Waals surface area contributed by atoms with Gasteiger partial charge in [-0.1, -0.05) is 6.07 Å². The van der Waals surface area contributed by atoms with Crippen LogP contribution >= 0.6 is 0 Å². The van der Waals surface area contributed by atoms with Crippen molar-refractivity contribution in [3.05, 3.63) is 35.1 Å². The maximum Gasteiger partial charge on any atom is 0.416 e. The molecule has 1 N–H and O–H groups in total. The van der Waals surface area contributed by atoms with Crippen LogP contribution < -0.4 is 0 Å². The molecule has 1 aromatic rings. The number of hydrogen-bond acceptors (Lipinski definition) is 3. The molecule has 0 radical (unpaired) electrons. The third kappa shape index (κ3) is 5.07. The second kappa shape index (κ2) is 7.01. The molecule has 0 aliphatic carbocycles. The minimum atomic E-state index is -4.61. The molecule has 0 heterocycles. The van der Waals surface area contributed by atoms with Crippen LogP contribution in [-0.4, -0.2) is 43.4 Å². The quantitative estimate of drug-likeness (QED) is 0.817. The largest absolute Gasteiger partial charge is 0.416 e. The SMILES string of the molecule is COCC(O)CN(C)Cc1ccc(F)cc1C(F)(F)F. The number of ether oxygens (including phenoxy) is 1. The van der Waals surface area contributed by atoms with Gasteiger partial charge in [-0.2, -0.15) is 13.2 Å².